The van der Waals surface area contributed by atoms with Crippen LogP contribution in [0.5, 0.6) is 0 Å². The van der Waals surface area contributed by atoms with E-state index in [4.69, 9.17) is 20.0 Å². The number of ether oxygens (including phenoxy) is 1. The lowest BCUT2D eigenvalue weighted by Crippen LogP contribution is -2.57. The molecule has 0 saturated carbocycles. The van der Waals surface area contributed by atoms with Crippen LogP contribution in [0.2, 0.25) is 0 Å². The summed E-state index contributed by atoms with van der Waals surface area (Å²) < 4.78 is 32.2. The van der Waals surface area contributed by atoms with Gasteiger partial charge in [0.05, 0.1) is 6.61 Å². The molecule has 8 nitrogen and oxygen atoms in total. The Hall–Kier alpha value is -0.120. The average molecular weight is 262 g/mol. The molecular formula is C6H12FO8P. The van der Waals surface area contributed by atoms with Gasteiger partial charge in [-0.1, -0.05) is 0 Å². The Morgan fingerprint density at radius 2 is 1.88 bits per heavy atom. The maximum atomic E-state index is 13.2. The third-order valence-corrected chi connectivity index (χ3v) is 2.52. The van der Waals surface area contributed by atoms with Gasteiger partial charge in [-0.2, -0.15) is 0 Å². The van der Waals surface area contributed by atoms with E-state index in [1.807, 2.05) is 0 Å². The van der Waals surface area contributed by atoms with E-state index in [1.54, 1.807) is 0 Å². The minimum Gasteiger partial charge on any atom is -0.394 e. The Morgan fingerprint density at radius 3 is 2.31 bits per heavy atom. The molecule has 0 amide bonds. The van der Waals surface area contributed by atoms with E-state index in [9.17, 15) is 14.1 Å². The SMILES string of the molecule is O=P(O)(O)O[C@H]1O[C@H](CO)[C@@H](O)[C@H](F)[C@H]1O. The third-order valence-electron chi connectivity index (χ3n) is 2.04. The van der Waals surface area contributed by atoms with Gasteiger partial charge in [0.25, 0.3) is 0 Å². The summed E-state index contributed by atoms with van der Waals surface area (Å²) in [5.41, 5.74) is 0. The minimum atomic E-state index is -4.97. The van der Waals surface area contributed by atoms with Crippen LogP contribution in [0.3, 0.4) is 0 Å². The summed E-state index contributed by atoms with van der Waals surface area (Å²) in [6, 6.07) is 0. The molecule has 1 saturated heterocycles. The molecule has 10 heteroatoms. The highest BCUT2D eigenvalue weighted by molar-refractivity contribution is 7.46. The molecule has 0 aromatic carbocycles. The lowest BCUT2D eigenvalue weighted by molar-refractivity contribution is -0.268. The fourth-order valence-electron chi connectivity index (χ4n) is 1.26. The number of aliphatic hydroxyl groups is 3. The maximum absolute atomic E-state index is 13.2. The number of hydrogen-bond acceptors (Lipinski definition) is 6. The van der Waals surface area contributed by atoms with Crippen LogP contribution in [0.15, 0.2) is 0 Å². The van der Waals surface area contributed by atoms with Gasteiger partial charge >= 0.3 is 7.82 Å². The first kappa shape index (κ1) is 13.9. The van der Waals surface area contributed by atoms with Crippen molar-refractivity contribution < 1.29 is 43.3 Å². The van der Waals surface area contributed by atoms with E-state index in [-0.39, 0.29) is 0 Å². The Kier molecular flexibility index (Phi) is 4.38. The lowest BCUT2D eigenvalue weighted by atomic mass is 10.0. The normalized spacial score (nSPS) is 41.0. The maximum Gasteiger partial charge on any atom is 0.472 e. The number of halogens is 1. The molecule has 5 N–H and O–H groups in total. The first-order chi connectivity index (χ1) is 7.26. The van der Waals surface area contributed by atoms with Crippen LogP contribution in [0.1, 0.15) is 0 Å². The molecule has 0 spiro atoms. The van der Waals surface area contributed by atoms with Gasteiger partial charge in [0.15, 0.2) is 12.5 Å². The smallest absolute Gasteiger partial charge is 0.394 e. The Morgan fingerprint density at radius 1 is 1.31 bits per heavy atom. The van der Waals surface area contributed by atoms with Crippen molar-refractivity contribution in [2.75, 3.05) is 6.61 Å². The van der Waals surface area contributed by atoms with E-state index in [2.05, 4.69) is 9.26 Å². The van der Waals surface area contributed by atoms with E-state index >= 15 is 0 Å². The van der Waals surface area contributed by atoms with Crippen LogP contribution in [-0.2, 0) is 13.8 Å². The van der Waals surface area contributed by atoms with Crippen molar-refractivity contribution in [3.8, 4) is 0 Å². The standard InChI is InChI=1S/C6H12FO8P/c7-3-4(9)2(1-8)14-6(5(3)10)15-16(11,12)13/h2-6,8-10H,1H2,(H2,11,12,13)/t2-,3+,4-,5-,6-/m1/s1. The van der Waals surface area contributed by atoms with Crippen molar-refractivity contribution in [3.05, 3.63) is 0 Å². The number of alkyl halides is 1. The van der Waals surface area contributed by atoms with Crippen molar-refractivity contribution in [1.82, 2.24) is 0 Å². The predicted octanol–water partition coefficient (Wildman–Crippen LogP) is -2.13. The average Bonchev–Trinajstić information content (AvgIpc) is 2.17. The molecule has 0 aromatic rings. The summed E-state index contributed by atoms with van der Waals surface area (Å²) in [7, 11) is -4.97. The zero-order chi connectivity index (χ0) is 12.5. The topological polar surface area (TPSA) is 137 Å². The van der Waals surface area contributed by atoms with Gasteiger partial charge in [-0.15, -0.1) is 0 Å². The van der Waals surface area contributed by atoms with Crippen molar-refractivity contribution in [1.29, 1.82) is 0 Å². The molecule has 1 heterocycles. The fraction of sp³-hybridized carbons (Fsp3) is 1.00. The molecule has 0 radical (unpaired) electrons. The summed E-state index contributed by atoms with van der Waals surface area (Å²) in [4.78, 5) is 16.9. The highest BCUT2D eigenvalue weighted by atomic mass is 31.2. The minimum absolute atomic E-state index is 0.782. The largest absolute Gasteiger partial charge is 0.472 e. The molecular weight excluding hydrogens is 250 g/mol. The van der Waals surface area contributed by atoms with E-state index in [0.717, 1.165) is 0 Å². The van der Waals surface area contributed by atoms with Crippen molar-refractivity contribution in [2.45, 2.75) is 30.8 Å². The van der Waals surface area contributed by atoms with Crippen molar-refractivity contribution >= 4 is 7.82 Å². The van der Waals surface area contributed by atoms with Gasteiger partial charge in [0, 0.05) is 0 Å². The summed E-state index contributed by atoms with van der Waals surface area (Å²) >= 11 is 0. The number of phosphoric ester groups is 1. The van der Waals surface area contributed by atoms with Gasteiger partial charge in [-0.25, -0.2) is 8.96 Å². The molecule has 96 valence electrons. The zero-order valence-electron chi connectivity index (χ0n) is 7.88. The second kappa shape index (κ2) is 5.03. The molecule has 0 bridgehead atoms. The van der Waals surface area contributed by atoms with Gasteiger partial charge in [0.2, 0.25) is 0 Å². The number of phosphoric acid groups is 1. The van der Waals surface area contributed by atoms with Crippen LogP contribution in [0, 0.1) is 0 Å². The molecule has 0 unspecified atom stereocenters. The number of rotatable bonds is 3. The molecule has 0 aliphatic carbocycles. The molecule has 1 aliphatic rings. The van der Waals surface area contributed by atoms with Crippen LogP contribution >= 0.6 is 7.82 Å². The van der Waals surface area contributed by atoms with Crippen molar-refractivity contribution in [2.24, 2.45) is 0 Å². The van der Waals surface area contributed by atoms with Crippen LogP contribution in [0.25, 0.3) is 0 Å². The predicted molar refractivity (Wildman–Crippen MR) is 45.8 cm³/mol. The summed E-state index contributed by atoms with van der Waals surface area (Å²) in [5.74, 6) is 0. The molecule has 1 aliphatic heterocycles. The Balaban J connectivity index is 2.75. The molecule has 1 fully saturated rings. The summed E-state index contributed by atoms with van der Waals surface area (Å²) in [5, 5.41) is 27.0. The first-order valence-electron chi connectivity index (χ1n) is 4.26. The highest BCUT2D eigenvalue weighted by Crippen LogP contribution is 2.40. The van der Waals surface area contributed by atoms with Crippen LogP contribution in [-0.4, -0.2) is 62.5 Å². The quantitative estimate of drug-likeness (QED) is 0.364. The number of hydrogen-bond donors (Lipinski definition) is 5. The highest BCUT2D eigenvalue weighted by Gasteiger charge is 2.47. The van der Waals surface area contributed by atoms with Crippen molar-refractivity contribution in [3.63, 3.8) is 0 Å². The Bertz CT molecular complexity index is 280. The van der Waals surface area contributed by atoms with E-state index in [1.165, 1.54) is 0 Å². The summed E-state index contributed by atoms with van der Waals surface area (Å²) in [6.07, 6.45) is -9.45. The Labute approximate surface area is 89.5 Å². The van der Waals surface area contributed by atoms with E-state index in [0.29, 0.717) is 0 Å². The van der Waals surface area contributed by atoms with Gasteiger partial charge in [-0.05, 0) is 0 Å². The molecule has 1 rings (SSSR count). The van der Waals surface area contributed by atoms with Gasteiger partial charge < -0.3 is 29.8 Å². The van der Waals surface area contributed by atoms with Crippen LogP contribution < -0.4 is 0 Å². The molecule has 5 atom stereocenters. The fourth-order valence-corrected chi connectivity index (χ4v) is 1.71. The van der Waals surface area contributed by atoms with Gasteiger partial charge in [-0.3, -0.25) is 4.52 Å². The van der Waals surface area contributed by atoms with Gasteiger partial charge in [0.1, 0.15) is 18.3 Å². The molecule has 0 aromatic heterocycles. The van der Waals surface area contributed by atoms with Crippen LogP contribution in [0.4, 0.5) is 4.39 Å². The second-order valence-corrected chi connectivity index (χ2v) is 4.44. The molecule has 16 heavy (non-hydrogen) atoms. The monoisotopic (exact) mass is 262 g/mol. The lowest BCUT2D eigenvalue weighted by Gasteiger charge is -2.38. The zero-order valence-corrected chi connectivity index (χ0v) is 8.77. The third kappa shape index (κ3) is 3.19. The second-order valence-electron chi connectivity index (χ2n) is 3.25. The number of aliphatic hydroxyl groups excluding tert-OH is 3. The first-order valence-corrected chi connectivity index (χ1v) is 5.79. The van der Waals surface area contributed by atoms with E-state index < -0.39 is 45.2 Å². The summed E-state index contributed by atoms with van der Waals surface area (Å²) in [6.45, 7) is -0.782.